The highest BCUT2D eigenvalue weighted by atomic mass is 16.5. The molecule has 0 aliphatic heterocycles. The molecule has 0 radical (unpaired) electrons. The molecule has 3 heterocycles. The van der Waals surface area contributed by atoms with Crippen molar-refractivity contribution in [2.75, 3.05) is 17.7 Å². The van der Waals surface area contributed by atoms with E-state index in [9.17, 15) is 4.79 Å². The van der Waals surface area contributed by atoms with Crippen molar-refractivity contribution in [2.45, 2.75) is 18.9 Å². The number of benzene rings is 2. The summed E-state index contributed by atoms with van der Waals surface area (Å²) in [4.78, 5) is 32.9. The van der Waals surface area contributed by atoms with Crippen molar-refractivity contribution in [1.29, 1.82) is 0 Å². The molecule has 0 amide bonds. The molecule has 3 aromatic heterocycles. The molecule has 6 rings (SSSR count). The highest BCUT2D eigenvalue weighted by Gasteiger charge is 2.23. The fourth-order valence-electron chi connectivity index (χ4n) is 3.92. The third kappa shape index (κ3) is 3.77. The molecule has 0 bridgehead atoms. The SMILES string of the molecule is COC(=O)c1ccc(-c2ccnc3ccc(Nc4nc(NC5CC5)c5nc[nH]c5n4)cc23)cc1. The molecule has 0 saturated heterocycles. The molecule has 0 atom stereocenters. The number of anilines is 3. The number of aromatic amines is 1. The van der Waals surface area contributed by atoms with Crippen LogP contribution in [0.25, 0.3) is 33.2 Å². The first-order valence-electron chi connectivity index (χ1n) is 11.0. The number of nitrogens with zero attached hydrogens (tertiary/aromatic N) is 4. The van der Waals surface area contributed by atoms with Crippen molar-refractivity contribution in [1.82, 2.24) is 24.9 Å². The number of ether oxygens (including phenoxy) is 1. The van der Waals surface area contributed by atoms with E-state index in [0.29, 0.717) is 23.2 Å². The maximum absolute atomic E-state index is 11.8. The van der Waals surface area contributed by atoms with Crippen molar-refractivity contribution in [3.8, 4) is 11.1 Å². The van der Waals surface area contributed by atoms with Crippen molar-refractivity contribution >= 4 is 45.5 Å². The molecule has 34 heavy (non-hydrogen) atoms. The van der Waals surface area contributed by atoms with Gasteiger partial charge in [-0.3, -0.25) is 4.98 Å². The fraction of sp³-hybridized carbons (Fsp3) is 0.160. The predicted molar refractivity (Wildman–Crippen MR) is 130 cm³/mol. The minimum absolute atomic E-state index is 0.359. The van der Waals surface area contributed by atoms with E-state index < -0.39 is 0 Å². The molecule has 1 aliphatic rings. The molecule has 0 spiro atoms. The van der Waals surface area contributed by atoms with Crippen LogP contribution in [0.2, 0.25) is 0 Å². The standard InChI is InChI=1S/C25H21N7O2/c1-34-24(33)15-4-2-14(3-5-15)18-10-11-26-20-9-8-17(12-19(18)20)30-25-31-22-21(27-13-28-22)23(32-25)29-16-6-7-16/h2-5,8-13,16H,6-7H2,1H3,(H3,27,28,29,30,31,32). The molecule has 3 N–H and O–H groups in total. The lowest BCUT2D eigenvalue weighted by Gasteiger charge is -2.11. The van der Waals surface area contributed by atoms with Gasteiger partial charge in [0.1, 0.15) is 5.52 Å². The summed E-state index contributed by atoms with van der Waals surface area (Å²) in [7, 11) is 1.37. The number of hydrogen-bond acceptors (Lipinski definition) is 8. The van der Waals surface area contributed by atoms with E-state index in [1.165, 1.54) is 7.11 Å². The topological polar surface area (TPSA) is 118 Å². The van der Waals surface area contributed by atoms with Gasteiger partial charge in [0.25, 0.3) is 0 Å². The van der Waals surface area contributed by atoms with E-state index in [1.54, 1.807) is 24.7 Å². The smallest absolute Gasteiger partial charge is 0.337 e. The number of hydrogen-bond donors (Lipinski definition) is 3. The summed E-state index contributed by atoms with van der Waals surface area (Å²) in [5.41, 5.74) is 5.60. The molecule has 9 heteroatoms. The minimum atomic E-state index is -0.359. The molecule has 9 nitrogen and oxygen atoms in total. The van der Waals surface area contributed by atoms with E-state index in [4.69, 9.17) is 4.74 Å². The highest BCUT2D eigenvalue weighted by molar-refractivity contribution is 5.97. The maximum Gasteiger partial charge on any atom is 0.337 e. The molecular formula is C25H21N7O2. The number of pyridine rings is 1. The van der Waals surface area contributed by atoms with Crippen LogP contribution in [-0.4, -0.2) is 44.0 Å². The van der Waals surface area contributed by atoms with Crippen molar-refractivity contribution < 1.29 is 9.53 Å². The maximum atomic E-state index is 11.8. The van der Waals surface area contributed by atoms with Crippen LogP contribution in [0.1, 0.15) is 23.2 Å². The molecule has 0 unspecified atom stereocenters. The van der Waals surface area contributed by atoms with Crippen LogP contribution in [0.15, 0.2) is 61.1 Å². The highest BCUT2D eigenvalue weighted by Crippen LogP contribution is 2.31. The Kier molecular flexibility index (Phi) is 4.80. The van der Waals surface area contributed by atoms with Crippen LogP contribution in [0.3, 0.4) is 0 Å². The molecular weight excluding hydrogens is 430 g/mol. The van der Waals surface area contributed by atoms with Gasteiger partial charge in [0.15, 0.2) is 11.5 Å². The third-order valence-electron chi connectivity index (χ3n) is 5.81. The number of esters is 1. The summed E-state index contributed by atoms with van der Waals surface area (Å²) in [5, 5.41) is 7.72. The van der Waals surface area contributed by atoms with Crippen LogP contribution < -0.4 is 10.6 Å². The summed E-state index contributed by atoms with van der Waals surface area (Å²) in [6.45, 7) is 0. The Morgan fingerprint density at radius 2 is 1.91 bits per heavy atom. The van der Waals surface area contributed by atoms with Gasteiger partial charge in [-0.15, -0.1) is 0 Å². The number of nitrogens with one attached hydrogen (secondary N) is 3. The van der Waals surface area contributed by atoms with Crippen molar-refractivity contribution in [2.24, 2.45) is 0 Å². The van der Waals surface area contributed by atoms with E-state index in [2.05, 4.69) is 35.6 Å². The second-order valence-corrected chi connectivity index (χ2v) is 8.20. The largest absolute Gasteiger partial charge is 0.465 e. The number of aromatic nitrogens is 5. The first-order chi connectivity index (χ1) is 16.7. The number of imidazole rings is 1. The van der Waals surface area contributed by atoms with Crippen LogP contribution in [0.4, 0.5) is 17.5 Å². The zero-order chi connectivity index (χ0) is 23.1. The van der Waals surface area contributed by atoms with Gasteiger partial charge in [0.2, 0.25) is 5.95 Å². The van der Waals surface area contributed by atoms with Crippen LogP contribution in [0, 0.1) is 0 Å². The summed E-state index contributed by atoms with van der Waals surface area (Å²) >= 11 is 0. The van der Waals surface area contributed by atoms with E-state index in [-0.39, 0.29) is 5.97 Å². The summed E-state index contributed by atoms with van der Waals surface area (Å²) in [5.74, 6) is 0.847. The second kappa shape index (κ2) is 8.11. The predicted octanol–water partition coefficient (Wildman–Crippen LogP) is 4.67. The molecule has 1 fully saturated rings. The zero-order valence-electron chi connectivity index (χ0n) is 18.4. The Balaban J connectivity index is 1.36. The quantitative estimate of drug-likeness (QED) is 0.319. The molecule has 2 aromatic carbocycles. The van der Waals surface area contributed by atoms with E-state index in [0.717, 1.165) is 51.9 Å². The average molecular weight is 451 g/mol. The monoisotopic (exact) mass is 451 g/mol. The Morgan fingerprint density at radius 1 is 1.06 bits per heavy atom. The number of rotatable bonds is 6. The van der Waals surface area contributed by atoms with Gasteiger partial charge < -0.3 is 20.4 Å². The Morgan fingerprint density at radius 3 is 2.71 bits per heavy atom. The van der Waals surface area contributed by atoms with Crippen LogP contribution in [-0.2, 0) is 4.74 Å². The first-order valence-corrected chi connectivity index (χ1v) is 11.0. The zero-order valence-corrected chi connectivity index (χ0v) is 18.4. The number of H-pyrrole nitrogens is 1. The third-order valence-corrected chi connectivity index (χ3v) is 5.81. The Bertz CT molecular complexity index is 1520. The molecule has 168 valence electrons. The number of fused-ring (bicyclic) bond motifs is 2. The van der Waals surface area contributed by atoms with Gasteiger partial charge in [0.05, 0.1) is 24.5 Å². The number of carbonyl (C=O) groups excluding carboxylic acids is 1. The summed E-state index contributed by atoms with van der Waals surface area (Å²) < 4.78 is 4.80. The van der Waals surface area contributed by atoms with E-state index in [1.807, 2.05) is 36.4 Å². The lowest BCUT2D eigenvalue weighted by molar-refractivity contribution is 0.0600. The average Bonchev–Trinajstić information content (AvgIpc) is 3.56. The van der Waals surface area contributed by atoms with Gasteiger partial charge in [-0.05, 0) is 60.4 Å². The number of carbonyl (C=O) groups is 1. The van der Waals surface area contributed by atoms with Crippen LogP contribution in [0.5, 0.6) is 0 Å². The lowest BCUT2D eigenvalue weighted by Crippen LogP contribution is -2.07. The summed E-state index contributed by atoms with van der Waals surface area (Å²) in [6.07, 6.45) is 5.68. The molecule has 1 saturated carbocycles. The fourth-order valence-corrected chi connectivity index (χ4v) is 3.92. The van der Waals surface area contributed by atoms with Gasteiger partial charge in [-0.25, -0.2) is 9.78 Å². The van der Waals surface area contributed by atoms with Gasteiger partial charge in [0, 0.05) is 23.3 Å². The van der Waals surface area contributed by atoms with Crippen molar-refractivity contribution in [3.63, 3.8) is 0 Å². The van der Waals surface area contributed by atoms with Crippen LogP contribution >= 0.6 is 0 Å². The Hall–Kier alpha value is -4.53. The molecule has 5 aromatic rings. The number of methoxy groups -OCH3 is 1. The van der Waals surface area contributed by atoms with Gasteiger partial charge >= 0.3 is 5.97 Å². The van der Waals surface area contributed by atoms with E-state index >= 15 is 0 Å². The molecule has 1 aliphatic carbocycles. The normalized spacial score (nSPS) is 13.2. The lowest BCUT2D eigenvalue weighted by atomic mass is 10.00. The second-order valence-electron chi connectivity index (χ2n) is 8.20. The first kappa shape index (κ1) is 20.1. The summed E-state index contributed by atoms with van der Waals surface area (Å²) in [6, 6.07) is 15.7. The Labute approximate surface area is 194 Å². The van der Waals surface area contributed by atoms with Gasteiger partial charge in [-0.1, -0.05) is 12.1 Å². The minimum Gasteiger partial charge on any atom is -0.465 e. The van der Waals surface area contributed by atoms with Crippen molar-refractivity contribution in [3.05, 3.63) is 66.6 Å². The van der Waals surface area contributed by atoms with Gasteiger partial charge in [-0.2, -0.15) is 9.97 Å².